The molecule has 0 amide bonds. The highest BCUT2D eigenvalue weighted by atomic mass is 16.5. The van der Waals surface area contributed by atoms with Crippen LogP contribution in [0.1, 0.15) is 20.8 Å². The van der Waals surface area contributed by atoms with E-state index in [1.807, 2.05) is 82.3 Å². The Labute approximate surface area is 259 Å². The van der Waals surface area contributed by atoms with Crippen molar-refractivity contribution < 1.29 is 14.2 Å². The molecule has 2 heterocycles. The van der Waals surface area contributed by atoms with Gasteiger partial charge >= 0.3 is 0 Å². The lowest BCUT2D eigenvalue weighted by Gasteiger charge is -2.31. The molecule has 2 aromatic heterocycles. The van der Waals surface area contributed by atoms with E-state index in [1.165, 1.54) is 0 Å². The van der Waals surface area contributed by atoms with Crippen LogP contribution < -0.4 is 19.6 Å². The van der Waals surface area contributed by atoms with Crippen molar-refractivity contribution in [3.8, 4) is 22.8 Å². The molecule has 0 aliphatic carbocycles. The van der Waals surface area contributed by atoms with Gasteiger partial charge in [-0.25, -0.2) is 0 Å². The molecule has 0 unspecified atom stereocenters. The molecule has 0 saturated heterocycles. The van der Waals surface area contributed by atoms with Crippen molar-refractivity contribution in [3.63, 3.8) is 0 Å². The maximum absolute atomic E-state index is 5.64. The Morgan fingerprint density at radius 3 is 1.16 bits per heavy atom. The molecule has 0 bridgehead atoms. The molecule has 0 saturated carbocycles. The topological polar surface area (TPSA) is 118 Å². The number of aromatic nitrogens is 6. The summed E-state index contributed by atoms with van der Waals surface area (Å²) >= 11 is 0. The lowest BCUT2D eigenvalue weighted by molar-refractivity contribution is 0.179. The Balaban J connectivity index is 1.80. The number of anilines is 4. The number of benzene rings is 2. The second kappa shape index (κ2) is 16.4. The molecule has 0 spiro atoms. The highest BCUT2D eigenvalue weighted by Gasteiger charge is 2.23. The van der Waals surface area contributed by atoms with Crippen LogP contribution >= 0.6 is 0 Å². The number of hydrogen-bond donors (Lipinski definition) is 0. The van der Waals surface area contributed by atoms with E-state index in [0.717, 1.165) is 24.2 Å². The third-order valence-corrected chi connectivity index (χ3v) is 6.76. The number of ether oxygens (including phenoxy) is 3. The first-order chi connectivity index (χ1) is 21.5. The van der Waals surface area contributed by atoms with Crippen LogP contribution in [0.4, 0.5) is 23.8 Å². The zero-order valence-corrected chi connectivity index (χ0v) is 26.4. The quantitative estimate of drug-likeness (QED) is 0.161. The maximum atomic E-state index is 5.64. The van der Waals surface area contributed by atoms with Crippen LogP contribution in [0.2, 0.25) is 0 Å². The van der Waals surface area contributed by atoms with Crippen molar-refractivity contribution in [2.75, 3.05) is 87.4 Å². The highest BCUT2D eigenvalue weighted by Crippen LogP contribution is 2.25. The van der Waals surface area contributed by atoms with Crippen LogP contribution in [0.5, 0.6) is 0 Å². The van der Waals surface area contributed by atoms with E-state index in [0.29, 0.717) is 48.7 Å². The molecule has 4 rings (SSSR count). The van der Waals surface area contributed by atoms with Gasteiger partial charge in [-0.3, -0.25) is 9.80 Å². The first kappa shape index (κ1) is 32.5. The fourth-order valence-electron chi connectivity index (χ4n) is 4.50. The summed E-state index contributed by atoms with van der Waals surface area (Å²) in [7, 11) is 4.91. The van der Waals surface area contributed by atoms with E-state index in [9.17, 15) is 0 Å². The van der Waals surface area contributed by atoms with Gasteiger partial charge in [0.25, 0.3) is 0 Å². The second-order valence-corrected chi connectivity index (χ2v) is 9.75. The van der Waals surface area contributed by atoms with E-state index in [1.54, 1.807) is 21.3 Å². The summed E-state index contributed by atoms with van der Waals surface area (Å²) in [6, 6.07) is 19.7. The number of methoxy groups -OCH3 is 3. The zero-order chi connectivity index (χ0) is 31.3. The second-order valence-electron chi connectivity index (χ2n) is 9.75. The van der Waals surface area contributed by atoms with Crippen molar-refractivity contribution >= 4 is 23.8 Å². The van der Waals surface area contributed by atoms with Gasteiger partial charge in [-0.1, -0.05) is 60.7 Å². The molecule has 44 heavy (non-hydrogen) atoms. The van der Waals surface area contributed by atoms with E-state index >= 15 is 0 Å². The molecule has 0 aliphatic rings. The average Bonchev–Trinajstić information content (AvgIpc) is 3.07. The van der Waals surface area contributed by atoms with Gasteiger partial charge in [0, 0.05) is 52.1 Å². The minimum Gasteiger partial charge on any atom is -0.364 e. The van der Waals surface area contributed by atoms with Gasteiger partial charge in [0.05, 0.1) is 0 Å². The maximum Gasteiger partial charge on any atom is 0.234 e. The molecule has 13 nitrogen and oxygen atoms in total. The third-order valence-electron chi connectivity index (χ3n) is 6.76. The zero-order valence-electron chi connectivity index (χ0n) is 26.4. The molecule has 234 valence electrons. The molecule has 2 aromatic carbocycles. The van der Waals surface area contributed by atoms with Crippen LogP contribution in [0, 0.1) is 0 Å². The molecule has 13 heteroatoms. The van der Waals surface area contributed by atoms with Crippen LogP contribution in [-0.2, 0) is 14.2 Å². The molecule has 0 N–H and O–H groups in total. The van der Waals surface area contributed by atoms with Crippen molar-refractivity contribution in [2.24, 2.45) is 0 Å². The van der Waals surface area contributed by atoms with E-state index in [-0.39, 0.29) is 20.1 Å². The van der Waals surface area contributed by atoms with Crippen molar-refractivity contribution in [1.29, 1.82) is 0 Å². The summed E-state index contributed by atoms with van der Waals surface area (Å²) < 4.78 is 16.7. The molecule has 0 atom stereocenters. The smallest absolute Gasteiger partial charge is 0.234 e. The van der Waals surface area contributed by atoms with Gasteiger partial charge in [0.2, 0.25) is 23.8 Å². The van der Waals surface area contributed by atoms with Gasteiger partial charge in [-0.2, -0.15) is 29.9 Å². The van der Waals surface area contributed by atoms with Crippen LogP contribution in [0.15, 0.2) is 60.7 Å². The van der Waals surface area contributed by atoms with Gasteiger partial charge in [-0.15, -0.1) is 0 Å². The summed E-state index contributed by atoms with van der Waals surface area (Å²) in [6.07, 6.45) is 0. The minimum absolute atomic E-state index is 0.188. The lowest BCUT2D eigenvalue weighted by Crippen LogP contribution is -2.42. The Kier molecular flexibility index (Phi) is 12.1. The van der Waals surface area contributed by atoms with Gasteiger partial charge in [0.15, 0.2) is 11.6 Å². The number of nitrogens with zero attached hydrogens (tertiary/aromatic N) is 10. The minimum atomic E-state index is 0.188. The van der Waals surface area contributed by atoms with Crippen LogP contribution in [0.3, 0.4) is 0 Å². The Bertz CT molecular complexity index is 1430. The molecule has 0 fully saturated rings. The number of rotatable bonds is 17. The van der Waals surface area contributed by atoms with Gasteiger partial charge in [-0.05, 0) is 20.8 Å². The average molecular weight is 603 g/mol. The van der Waals surface area contributed by atoms with E-state index < -0.39 is 0 Å². The fourth-order valence-corrected chi connectivity index (χ4v) is 4.50. The summed E-state index contributed by atoms with van der Waals surface area (Å²) in [5.74, 6) is 3.07. The fraction of sp³-hybridized carbons (Fsp3) is 0.419. The molecular weight excluding hydrogens is 560 g/mol. The molecular formula is C31H42N10O3. The molecule has 4 aromatic rings. The SMILES string of the molecule is CCN(CC)c1nc(-c2ccccc2)nc(N(COC)CN(COC)c2nc(-c3ccccc3)nc(N(CC)COC)n2)n1. The van der Waals surface area contributed by atoms with Crippen LogP contribution in [0.25, 0.3) is 22.8 Å². The summed E-state index contributed by atoms with van der Waals surface area (Å²) in [4.78, 5) is 36.9. The van der Waals surface area contributed by atoms with Crippen molar-refractivity contribution in [3.05, 3.63) is 60.7 Å². The van der Waals surface area contributed by atoms with Gasteiger partial charge in [0.1, 0.15) is 26.9 Å². The molecule has 0 aliphatic heterocycles. The van der Waals surface area contributed by atoms with Crippen LogP contribution in [-0.4, -0.2) is 97.7 Å². The monoisotopic (exact) mass is 602 g/mol. The standard InChI is InChI=1S/C31H42N10O3/c1-7-38(8-2)28-32-26(24-16-12-10-13-17-24)34-30(36-28)40(22-43-5)20-41(23-44-6)31-35-27(25-18-14-11-15-19-25)33-29(37-31)39(9-3)21-42-4/h10-19H,7-9,20-23H2,1-6H3. The summed E-state index contributed by atoms with van der Waals surface area (Å²) in [6.45, 7) is 9.30. The third kappa shape index (κ3) is 8.13. The molecule has 0 radical (unpaired) electrons. The highest BCUT2D eigenvalue weighted by molar-refractivity contribution is 5.60. The summed E-state index contributed by atoms with van der Waals surface area (Å²) in [5, 5.41) is 0. The normalized spacial score (nSPS) is 11.0. The Morgan fingerprint density at radius 2 is 0.795 bits per heavy atom. The first-order valence-corrected chi connectivity index (χ1v) is 14.6. The predicted octanol–water partition coefficient (Wildman–Crippen LogP) is 4.15. The largest absolute Gasteiger partial charge is 0.364 e. The first-order valence-electron chi connectivity index (χ1n) is 14.6. The van der Waals surface area contributed by atoms with Gasteiger partial charge < -0.3 is 24.0 Å². The summed E-state index contributed by atoms with van der Waals surface area (Å²) in [5.41, 5.74) is 1.76. The lowest BCUT2D eigenvalue weighted by atomic mass is 10.2. The van der Waals surface area contributed by atoms with Crippen molar-refractivity contribution in [1.82, 2.24) is 29.9 Å². The number of hydrogen-bond acceptors (Lipinski definition) is 13. The Hall–Kier alpha value is -4.46. The van der Waals surface area contributed by atoms with Crippen molar-refractivity contribution in [2.45, 2.75) is 20.8 Å². The van der Waals surface area contributed by atoms with E-state index in [4.69, 9.17) is 44.1 Å². The predicted molar refractivity (Wildman–Crippen MR) is 173 cm³/mol. The van der Waals surface area contributed by atoms with E-state index in [2.05, 4.69) is 18.7 Å². The Morgan fingerprint density at radius 1 is 0.455 bits per heavy atom.